The molecule has 10 heteroatoms. The summed E-state index contributed by atoms with van der Waals surface area (Å²) in [5, 5.41) is 18.0. The summed E-state index contributed by atoms with van der Waals surface area (Å²) in [6, 6.07) is 18.7. The normalized spacial score (nSPS) is 19.4. The van der Waals surface area contributed by atoms with Gasteiger partial charge < -0.3 is 9.84 Å². The zero-order valence-corrected chi connectivity index (χ0v) is 25.4. The van der Waals surface area contributed by atoms with Gasteiger partial charge in [0.15, 0.2) is 0 Å². The molecule has 1 aliphatic carbocycles. The molecule has 0 amide bonds. The highest BCUT2D eigenvalue weighted by Gasteiger charge is 2.54. The van der Waals surface area contributed by atoms with Gasteiger partial charge in [-0.1, -0.05) is 60.8 Å². The van der Waals surface area contributed by atoms with Crippen LogP contribution in [0.1, 0.15) is 32.3 Å². The van der Waals surface area contributed by atoms with Crippen molar-refractivity contribution in [2.75, 3.05) is 0 Å². The Bertz CT molecular complexity index is 1650. The van der Waals surface area contributed by atoms with E-state index in [0.29, 0.717) is 39.0 Å². The van der Waals surface area contributed by atoms with Gasteiger partial charge in [0, 0.05) is 16.2 Å². The van der Waals surface area contributed by atoms with E-state index in [4.69, 9.17) is 39.5 Å². The summed E-state index contributed by atoms with van der Waals surface area (Å²) in [4.78, 5) is 8.20. The Labute approximate surface area is 259 Å². The third kappa shape index (κ3) is 6.70. The van der Waals surface area contributed by atoms with Gasteiger partial charge >= 0.3 is 0 Å². The molecule has 6 rings (SSSR count). The molecule has 5 aromatic rings. The fraction of sp³-hybridized carbons (Fsp3) is 0.281. The summed E-state index contributed by atoms with van der Waals surface area (Å²) < 4.78 is 20.4. The molecule has 0 radical (unpaired) electrons. The van der Waals surface area contributed by atoms with Gasteiger partial charge in [0.1, 0.15) is 30.0 Å². The lowest BCUT2D eigenvalue weighted by atomic mass is 9.72. The van der Waals surface area contributed by atoms with Crippen LogP contribution in [0.25, 0.3) is 10.9 Å². The third-order valence-electron chi connectivity index (χ3n) is 7.99. The summed E-state index contributed by atoms with van der Waals surface area (Å²) in [6.07, 6.45) is 7.67. The molecule has 218 valence electrons. The first kappa shape index (κ1) is 30.2. The van der Waals surface area contributed by atoms with Gasteiger partial charge in [0.2, 0.25) is 0 Å². The zero-order valence-electron chi connectivity index (χ0n) is 23.1. The molecule has 42 heavy (non-hydrogen) atoms. The number of hydrogen-bond donors (Lipinski definition) is 1. The SMILES string of the molecule is CC1(C)CCC(Cc2ccc(Cl)cc2)C1(O)Cn1cncn1.Fc1ccc(Oc2ccnc3cc(Cl)cc(Cl)c23)cc1. The quantitative estimate of drug-likeness (QED) is 0.204. The third-order valence-corrected chi connectivity index (χ3v) is 8.76. The molecule has 3 aromatic carbocycles. The summed E-state index contributed by atoms with van der Waals surface area (Å²) in [5.41, 5.74) is 0.919. The van der Waals surface area contributed by atoms with E-state index in [-0.39, 0.29) is 17.2 Å². The van der Waals surface area contributed by atoms with Crippen LogP contribution in [0.4, 0.5) is 4.39 Å². The molecule has 0 spiro atoms. The Morgan fingerprint density at radius 3 is 2.43 bits per heavy atom. The summed E-state index contributed by atoms with van der Waals surface area (Å²) in [7, 11) is 0. The van der Waals surface area contributed by atoms with Crippen LogP contribution in [-0.4, -0.2) is 30.5 Å². The van der Waals surface area contributed by atoms with Crippen LogP contribution in [-0.2, 0) is 13.0 Å². The number of hydrogen-bond acceptors (Lipinski definition) is 5. The van der Waals surface area contributed by atoms with Crippen LogP contribution in [0.3, 0.4) is 0 Å². The molecule has 1 N–H and O–H groups in total. The summed E-state index contributed by atoms with van der Waals surface area (Å²) in [6.45, 7) is 4.77. The maximum absolute atomic E-state index is 12.9. The highest BCUT2D eigenvalue weighted by Crippen LogP contribution is 2.51. The van der Waals surface area contributed by atoms with Gasteiger partial charge in [-0.05, 0) is 90.8 Å². The lowest BCUT2D eigenvalue weighted by Gasteiger charge is -2.40. The fourth-order valence-electron chi connectivity index (χ4n) is 5.51. The number of benzene rings is 3. The van der Waals surface area contributed by atoms with Crippen molar-refractivity contribution in [2.45, 2.75) is 45.3 Å². The van der Waals surface area contributed by atoms with E-state index in [9.17, 15) is 9.50 Å². The molecule has 6 nitrogen and oxygen atoms in total. The predicted octanol–water partition coefficient (Wildman–Crippen LogP) is 8.81. The van der Waals surface area contributed by atoms with E-state index in [1.807, 2.05) is 24.3 Å². The average Bonchev–Trinajstić information content (AvgIpc) is 3.53. The number of aliphatic hydroxyl groups is 1. The van der Waals surface area contributed by atoms with Crippen molar-refractivity contribution in [1.29, 1.82) is 0 Å². The van der Waals surface area contributed by atoms with E-state index >= 15 is 0 Å². The molecule has 0 aliphatic heterocycles. The maximum Gasteiger partial charge on any atom is 0.139 e. The minimum Gasteiger partial charge on any atom is -0.457 e. The molecule has 0 bridgehead atoms. The zero-order chi connectivity index (χ0) is 29.9. The molecular formula is C32H30Cl3FN4O2. The van der Waals surface area contributed by atoms with Crippen LogP contribution >= 0.6 is 34.8 Å². The molecule has 2 unspecified atom stereocenters. The molecule has 1 saturated carbocycles. The van der Waals surface area contributed by atoms with Crippen LogP contribution in [0.2, 0.25) is 15.1 Å². The van der Waals surface area contributed by atoms with Gasteiger partial charge in [0.05, 0.1) is 28.1 Å². The number of fused-ring (bicyclic) bond motifs is 1. The van der Waals surface area contributed by atoms with E-state index < -0.39 is 5.60 Å². The first-order chi connectivity index (χ1) is 20.0. The molecule has 1 fully saturated rings. The summed E-state index contributed by atoms with van der Waals surface area (Å²) in [5.74, 6) is 0.947. The fourth-order valence-corrected chi connectivity index (χ4v) is 6.21. The van der Waals surface area contributed by atoms with Crippen molar-refractivity contribution in [1.82, 2.24) is 19.7 Å². The first-order valence-corrected chi connectivity index (χ1v) is 14.6. The van der Waals surface area contributed by atoms with Crippen molar-refractivity contribution >= 4 is 45.7 Å². The number of aromatic nitrogens is 4. The van der Waals surface area contributed by atoms with Crippen LogP contribution in [0.15, 0.2) is 85.6 Å². The van der Waals surface area contributed by atoms with Crippen LogP contribution < -0.4 is 4.74 Å². The van der Waals surface area contributed by atoms with Crippen molar-refractivity contribution < 1.29 is 14.2 Å². The lowest BCUT2D eigenvalue weighted by Crippen LogP contribution is -2.49. The Balaban J connectivity index is 0.000000169. The average molecular weight is 628 g/mol. The van der Waals surface area contributed by atoms with Crippen molar-refractivity contribution in [2.24, 2.45) is 11.3 Å². The van der Waals surface area contributed by atoms with E-state index in [1.165, 1.54) is 24.0 Å². The predicted molar refractivity (Wildman–Crippen MR) is 165 cm³/mol. The Hall–Kier alpha value is -3.23. The number of pyridine rings is 1. The Kier molecular flexibility index (Phi) is 9.04. The Morgan fingerprint density at radius 1 is 1.00 bits per heavy atom. The van der Waals surface area contributed by atoms with Gasteiger partial charge in [0.25, 0.3) is 0 Å². The topological polar surface area (TPSA) is 73.1 Å². The molecule has 2 heterocycles. The van der Waals surface area contributed by atoms with E-state index in [1.54, 1.807) is 47.5 Å². The number of halogens is 4. The number of rotatable bonds is 6. The van der Waals surface area contributed by atoms with Crippen molar-refractivity contribution in [3.63, 3.8) is 0 Å². The molecule has 2 aromatic heterocycles. The monoisotopic (exact) mass is 626 g/mol. The van der Waals surface area contributed by atoms with E-state index in [0.717, 1.165) is 24.3 Å². The van der Waals surface area contributed by atoms with Gasteiger partial charge in [-0.15, -0.1) is 0 Å². The molecule has 2 atom stereocenters. The van der Waals surface area contributed by atoms with Crippen LogP contribution in [0, 0.1) is 17.2 Å². The second kappa shape index (κ2) is 12.6. The highest BCUT2D eigenvalue weighted by molar-refractivity contribution is 6.39. The number of ether oxygens (including phenoxy) is 1. The van der Waals surface area contributed by atoms with Gasteiger partial charge in [-0.25, -0.2) is 9.37 Å². The lowest BCUT2D eigenvalue weighted by molar-refractivity contribution is -0.0907. The molecule has 0 saturated heterocycles. The van der Waals surface area contributed by atoms with Crippen molar-refractivity contribution in [3.8, 4) is 11.5 Å². The van der Waals surface area contributed by atoms with Crippen LogP contribution in [0.5, 0.6) is 11.5 Å². The maximum atomic E-state index is 12.9. The second-order valence-corrected chi connectivity index (χ2v) is 12.4. The standard InChI is InChI=1S/C17H22ClN3O.C15H8Cl2FNO/c1-16(2)8-7-14(9-13-3-5-15(18)6-4-13)17(16,22)10-21-12-19-11-20-21;16-9-7-12(17)15-13(8-9)19-6-5-14(15)20-11-3-1-10(18)2-4-11/h3-6,11-12,14,22H,7-10H2,1-2H3;1-8H. The van der Waals surface area contributed by atoms with Crippen molar-refractivity contribution in [3.05, 3.63) is 112 Å². The Morgan fingerprint density at radius 2 is 1.74 bits per heavy atom. The summed E-state index contributed by atoms with van der Waals surface area (Å²) >= 11 is 18.1. The van der Waals surface area contributed by atoms with Gasteiger partial charge in [-0.2, -0.15) is 5.10 Å². The largest absolute Gasteiger partial charge is 0.457 e. The molecule has 1 aliphatic rings. The second-order valence-electron chi connectivity index (χ2n) is 11.1. The minimum absolute atomic E-state index is 0.143. The first-order valence-electron chi connectivity index (χ1n) is 13.5. The smallest absolute Gasteiger partial charge is 0.139 e. The minimum atomic E-state index is -0.791. The number of nitrogens with zero attached hydrogens (tertiary/aromatic N) is 4. The van der Waals surface area contributed by atoms with Gasteiger partial charge in [-0.3, -0.25) is 9.67 Å². The molecular weight excluding hydrogens is 598 g/mol. The highest BCUT2D eigenvalue weighted by atomic mass is 35.5. The van der Waals surface area contributed by atoms with E-state index in [2.05, 4.69) is 28.9 Å².